The van der Waals surface area contributed by atoms with Gasteiger partial charge in [0.25, 0.3) is 0 Å². The van der Waals surface area contributed by atoms with Gasteiger partial charge in [-0.15, -0.1) is 0 Å². The summed E-state index contributed by atoms with van der Waals surface area (Å²) in [6, 6.07) is 0.827. The minimum atomic E-state index is -2.50. The SMILES string of the molecule is CCO[Si](CCC/N=C/C(C)(C)CN(C)C)(OCC)OCC. The number of aliphatic imine (C=N–C) groups is 1. The molecule has 22 heavy (non-hydrogen) atoms. The molecule has 0 aromatic carbocycles. The average molecular weight is 333 g/mol. The first-order valence-corrected chi connectivity index (χ1v) is 10.3. The molecular weight excluding hydrogens is 296 g/mol. The predicted octanol–water partition coefficient (Wildman–Crippen LogP) is 3.08. The van der Waals surface area contributed by atoms with Crippen molar-refractivity contribution in [1.82, 2.24) is 4.90 Å². The molecule has 0 aromatic heterocycles. The zero-order chi connectivity index (χ0) is 17.1. The van der Waals surface area contributed by atoms with E-state index >= 15 is 0 Å². The number of hydrogen-bond donors (Lipinski definition) is 0. The zero-order valence-electron chi connectivity index (χ0n) is 15.6. The Morgan fingerprint density at radius 2 is 1.50 bits per heavy atom. The fraction of sp³-hybridized carbons (Fsp3) is 0.938. The van der Waals surface area contributed by atoms with E-state index in [1.165, 1.54) is 0 Å². The van der Waals surface area contributed by atoms with Crippen LogP contribution >= 0.6 is 0 Å². The Kier molecular flexibility index (Phi) is 11.2. The van der Waals surface area contributed by atoms with E-state index < -0.39 is 8.80 Å². The molecule has 0 saturated carbocycles. The normalized spacial score (nSPS) is 13.5. The maximum absolute atomic E-state index is 5.85. The van der Waals surface area contributed by atoms with Crippen LogP contribution in [0.4, 0.5) is 0 Å². The van der Waals surface area contributed by atoms with Crippen LogP contribution in [0.3, 0.4) is 0 Å². The highest BCUT2D eigenvalue weighted by Crippen LogP contribution is 2.18. The molecule has 0 aliphatic heterocycles. The highest BCUT2D eigenvalue weighted by atomic mass is 28.4. The average Bonchev–Trinajstić information content (AvgIpc) is 2.37. The van der Waals surface area contributed by atoms with Gasteiger partial charge in [-0.1, -0.05) is 13.8 Å². The van der Waals surface area contributed by atoms with Gasteiger partial charge >= 0.3 is 8.80 Å². The molecule has 132 valence electrons. The quantitative estimate of drug-likeness (QED) is 0.295. The molecule has 0 aliphatic rings. The van der Waals surface area contributed by atoms with Gasteiger partial charge in [-0.3, -0.25) is 4.99 Å². The second kappa shape index (κ2) is 11.3. The third kappa shape index (κ3) is 9.68. The van der Waals surface area contributed by atoms with Crippen LogP contribution in [0.25, 0.3) is 0 Å². The van der Waals surface area contributed by atoms with E-state index in [2.05, 4.69) is 44.0 Å². The first kappa shape index (κ1) is 21.7. The summed E-state index contributed by atoms with van der Waals surface area (Å²) in [7, 11) is 1.67. The van der Waals surface area contributed by atoms with Crippen molar-refractivity contribution >= 4 is 15.0 Å². The van der Waals surface area contributed by atoms with E-state index in [9.17, 15) is 0 Å². The summed E-state index contributed by atoms with van der Waals surface area (Å²) in [5.74, 6) is 0. The molecule has 6 heteroatoms. The molecule has 0 aliphatic carbocycles. The minimum Gasteiger partial charge on any atom is -0.374 e. The first-order chi connectivity index (χ1) is 10.3. The smallest absolute Gasteiger partial charge is 0.374 e. The molecule has 0 spiro atoms. The third-order valence-electron chi connectivity index (χ3n) is 3.03. The number of hydrogen-bond acceptors (Lipinski definition) is 5. The second-order valence-corrected chi connectivity index (χ2v) is 9.08. The summed E-state index contributed by atoms with van der Waals surface area (Å²) in [6.45, 7) is 14.0. The van der Waals surface area contributed by atoms with Crippen LogP contribution in [-0.2, 0) is 13.3 Å². The molecule has 0 rings (SSSR count). The summed E-state index contributed by atoms with van der Waals surface area (Å²) in [5.41, 5.74) is 0.0950. The fourth-order valence-corrected chi connectivity index (χ4v) is 5.15. The lowest BCUT2D eigenvalue weighted by Crippen LogP contribution is -2.46. The molecule has 0 amide bonds. The molecule has 0 saturated heterocycles. The maximum Gasteiger partial charge on any atom is 0.500 e. The summed E-state index contributed by atoms with van der Waals surface area (Å²) in [5, 5.41) is 0. The van der Waals surface area contributed by atoms with Gasteiger partial charge in [0, 0.05) is 50.6 Å². The van der Waals surface area contributed by atoms with Gasteiger partial charge in [0.05, 0.1) is 0 Å². The highest BCUT2D eigenvalue weighted by molar-refractivity contribution is 6.60. The van der Waals surface area contributed by atoms with E-state index in [0.29, 0.717) is 19.8 Å². The van der Waals surface area contributed by atoms with Crippen LogP contribution in [0.5, 0.6) is 0 Å². The van der Waals surface area contributed by atoms with Gasteiger partial charge in [0.1, 0.15) is 0 Å². The molecular formula is C16H36N2O3Si. The Bertz CT molecular complexity index is 293. The Morgan fingerprint density at radius 3 is 1.91 bits per heavy atom. The molecule has 5 nitrogen and oxygen atoms in total. The van der Waals surface area contributed by atoms with Crippen molar-refractivity contribution in [2.24, 2.45) is 10.4 Å². The Labute approximate surface area is 138 Å². The summed E-state index contributed by atoms with van der Waals surface area (Å²) < 4.78 is 17.5. The van der Waals surface area contributed by atoms with Crippen LogP contribution in [0.1, 0.15) is 41.0 Å². The van der Waals surface area contributed by atoms with Crippen molar-refractivity contribution in [3.05, 3.63) is 0 Å². The van der Waals surface area contributed by atoms with Gasteiger partial charge < -0.3 is 18.2 Å². The second-order valence-electron chi connectivity index (χ2n) is 6.35. The summed E-state index contributed by atoms with van der Waals surface area (Å²) in [4.78, 5) is 6.77. The summed E-state index contributed by atoms with van der Waals surface area (Å²) >= 11 is 0. The van der Waals surface area contributed by atoms with Gasteiger partial charge in [-0.05, 0) is 41.3 Å². The Morgan fingerprint density at radius 1 is 1.00 bits per heavy atom. The molecule has 0 heterocycles. The van der Waals surface area contributed by atoms with Crippen molar-refractivity contribution in [3.63, 3.8) is 0 Å². The standard InChI is InChI=1S/C16H36N2O3Si/c1-8-19-22(20-9-2,21-10-3)13-11-12-17-14-16(4,5)15-18(6)7/h14H,8-13,15H2,1-7H3/b17-14+. The fourth-order valence-electron chi connectivity index (χ4n) is 2.56. The minimum absolute atomic E-state index is 0.0950. The molecule has 0 bridgehead atoms. The number of rotatable bonds is 13. The molecule has 0 unspecified atom stereocenters. The van der Waals surface area contributed by atoms with Crippen molar-refractivity contribution in [2.45, 2.75) is 47.1 Å². The summed E-state index contributed by atoms with van der Waals surface area (Å²) in [6.07, 6.45) is 3.00. The highest BCUT2D eigenvalue weighted by Gasteiger charge is 2.39. The van der Waals surface area contributed by atoms with Crippen molar-refractivity contribution in [2.75, 3.05) is 47.0 Å². The van der Waals surface area contributed by atoms with Crippen LogP contribution in [0.15, 0.2) is 4.99 Å². The zero-order valence-corrected chi connectivity index (χ0v) is 16.6. The van der Waals surface area contributed by atoms with Gasteiger partial charge in [-0.2, -0.15) is 0 Å². The molecule has 0 radical (unpaired) electrons. The largest absolute Gasteiger partial charge is 0.500 e. The lowest BCUT2D eigenvalue weighted by molar-refractivity contribution is 0.0710. The van der Waals surface area contributed by atoms with Gasteiger partial charge in [0.15, 0.2) is 0 Å². The molecule has 0 N–H and O–H groups in total. The van der Waals surface area contributed by atoms with Crippen LogP contribution in [-0.4, -0.2) is 66.9 Å². The third-order valence-corrected chi connectivity index (χ3v) is 6.18. The van der Waals surface area contributed by atoms with Crippen LogP contribution < -0.4 is 0 Å². The Hall–Kier alpha value is -0.273. The lowest BCUT2D eigenvalue weighted by Gasteiger charge is -2.28. The van der Waals surface area contributed by atoms with E-state index in [0.717, 1.165) is 25.6 Å². The van der Waals surface area contributed by atoms with Gasteiger partial charge in [-0.25, -0.2) is 0 Å². The van der Waals surface area contributed by atoms with Gasteiger partial charge in [0.2, 0.25) is 0 Å². The number of nitrogens with zero attached hydrogens (tertiary/aromatic N) is 2. The molecule has 0 fully saturated rings. The van der Waals surface area contributed by atoms with Crippen LogP contribution in [0.2, 0.25) is 6.04 Å². The monoisotopic (exact) mass is 332 g/mol. The maximum atomic E-state index is 5.85. The van der Waals surface area contributed by atoms with Crippen molar-refractivity contribution in [1.29, 1.82) is 0 Å². The lowest BCUT2D eigenvalue weighted by atomic mass is 9.95. The first-order valence-electron chi connectivity index (χ1n) is 8.38. The topological polar surface area (TPSA) is 43.3 Å². The van der Waals surface area contributed by atoms with Crippen LogP contribution in [0, 0.1) is 5.41 Å². The Balaban J connectivity index is 4.37. The van der Waals surface area contributed by atoms with E-state index in [1.54, 1.807) is 0 Å². The van der Waals surface area contributed by atoms with E-state index in [1.807, 2.05) is 20.8 Å². The van der Waals surface area contributed by atoms with Crippen molar-refractivity contribution < 1.29 is 13.3 Å². The molecule has 0 aromatic rings. The molecule has 0 atom stereocenters. The van der Waals surface area contributed by atoms with E-state index in [4.69, 9.17) is 13.3 Å². The van der Waals surface area contributed by atoms with E-state index in [-0.39, 0.29) is 5.41 Å². The predicted molar refractivity (Wildman–Crippen MR) is 95.8 cm³/mol. The van der Waals surface area contributed by atoms with Crippen molar-refractivity contribution in [3.8, 4) is 0 Å².